The van der Waals surface area contributed by atoms with Crippen LogP contribution in [0.2, 0.25) is 0 Å². The lowest BCUT2D eigenvalue weighted by atomic mass is 10.1. The third-order valence-corrected chi connectivity index (χ3v) is 4.55. The first-order valence-electron chi connectivity index (χ1n) is 8.71. The number of aromatic hydroxyl groups is 1. The van der Waals surface area contributed by atoms with E-state index in [0.717, 1.165) is 15.8 Å². The number of nitrogens with zero attached hydrogens (tertiary/aromatic N) is 4. The van der Waals surface area contributed by atoms with Crippen LogP contribution >= 0.6 is 0 Å². The second-order valence-corrected chi connectivity index (χ2v) is 6.65. The summed E-state index contributed by atoms with van der Waals surface area (Å²) in [5.74, 6) is 0.591. The monoisotopic (exact) mass is 402 g/mol. The van der Waals surface area contributed by atoms with E-state index in [0.29, 0.717) is 28.0 Å². The smallest absolute Gasteiger partial charge is 0.408 e. The van der Waals surface area contributed by atoms with Crippen LogP contribution in [0.15, 0.2) is 48.9 Å². The SMILES string of the molecule is COc1cccc(-c2cc(C)c3c(O)n(-c4cnn(CC(F)(F)F)c4)cc3n2)c1. The van der Waals surface area contributed by atoms with Crippen molar-refractivity contribution in [2.24, 2.45) is 0 Å². The number of halogens is 3. The number of ether oxygens (including phenoxy) is 1. The fraction of sp³-hybridized carbons (Fsp3) is 0.200. The number of hydrogen-bond acceptors (Lipinski definition) is 4. The molecule has 0 fully saturated rings. The fourth-order valence-electron chi connectivity index (χ4n) is 3.26. The molecule has 3 aromatic heterocycles. The number of alkyl halides is 3. The highest BCUT2D eigenvalue weighted by Gasteiger charge is 2.28. The molecule has 0 aliphatic carbocycles. The molecule has 0 saturated carbocycles. The predicted molar refractivity (Wildman–Crippen MR) is 101 cm³/mol. The van der Waals surface area contributed by atoms with Gasteiger partial charge in [-0.2, -0.15) is 18.3 Å². The van der Waals surface area contributed by atoms with Crippen LogP contribution in [0.5, 0.6) is 11.6 Å². The predicted octanol–water partition coefficient (Wildman–Crippen LogP) is 4.47. The number of benzene rings is 1. The zero-order chi connectivity index (χ0) is 20.8. The lowest BCUT2D eigenvalue weighted by molar-refractivity contribution is -0.142. The molecule has 0 spiro atoms. The van der Waals surface area contributed by atoms with Gasteiger partial charge in [0.05, 0.1) is 35.6 Å². The molecular weight excluding hydrogens is 385 g/mol. The maximum atomic E-state index is 12.6. The minimum Gasteiger partial charge on any atom is -0.497 e. The maximum Gasteiger partial charge on any atom is 0.408 e. The van der Waals surface area contributed by atoms with E-state index < -0.39 is 12.7 Å². The van der Waals surface area contributed by atoms with Gasteiger partial charge in [-0.1, -0.05) is 12.1 Å². The summed E-state index contributed by atoms with van der Waals surface area (Å²) in [5.41, 5.74) is 3.15. The van der Waals surface area contributed by atoms with Crippen LogP contribution in [0, 0.1) is 6.92 Å². The van der Waals surface area contributed by atoms with Crippen LogP contribution in [0.25, 0.3) is 27.8 Å². The summed E-state index contributed by atoms with van der Waals surface area (Å²) in [5, 5.41) is 14.9. The summed E-state index contributed by atoms with van der Waals surface area (Å²) in [7, 11) is 1.58. The molecule has 0 saturated heterocycles. The fourth-order valence-corrected chi connectivity index (χ4v) is 3.26. The summed E-state index contributed by atoms with van der Waals surface area (Å²) in [6.45, 7) is 0.636. The first kappa shape index (κ1) is 18.9. The van der Waals surface area contributed by atoms with Gasteiger partial charge in [0, 0.05) is 18.0 Å². The van der Waals surface area contributed by atoms with Crippen molar-refractivity contribution in [2.75, 3.05) is 7.11 Å². The van der Waals surface area contributed by atoms with Crippen molar-refractivity contribution in [3.63, 3.8) is 0 Å². The van der Waals surface area contributed by atoms with E-state index in [9.17, 15) is 18.3 Å². The summed E-state index contributed by atoms with van der Waals surface area (Å²) in [6, 6.07) is 9.27. The number of aryl methyl sites for hydroxylation is 1. The van der Waals surface area contributed by atoms with Crippen LogP contribution in [0.4, 0.5) is 13.2 Å². The average molecular weight is 402 g/mol. The molecule has 9 heteroatoms. The highest BCUT2D eigenvalue weighted by molar-refractivity contribution is 5.90. The van der Waals surface area contributed by atoms with Gasteiger partial charge in [0.25, 0.3) is 0 Å². The van der Waals surface area contributed by atoms with E-state index in [2.05, 4.69) is 10.1 Å². The van der Waals surface area contributed by atoms with Crippen molar-refractivity contribution in [2.45, 2.75) is 19.6 Å². The van der Waals surface area contributed by atoms with Crippen LogP contribution in [0.1, 0.15) is 5.56 Å². The van der Waals surface area contributed by atoms with Crippen molar-refractivity contribution in [1.82, 2.24) is 19.3 Å². The Balaban J connectivity index is 1.78. The minimum atomic E-state index is -4.38. The van der Waals surface area contributed by atoms with Crippen molar-refractivity contribution < 1.29 is 23.0 Å². The minimum absolute atomic E-state index is 0.103. The number of methoxy groups -OCH3 is 1. The standard InChI is InChI=1S/C20H17F3N4O2/c1-12-6-16(13-4-3-5-15(7-13)29-2)25-17-10-27(19(28)18(12)17)14-8-24-26(9-14)11-20(21,22)23/h3-10,28H,11H2,1-2H3. The Bertz CT molecular complexity index is 1190. The Hall–Kier alpha value is -3.49. The molecule has 0 atom stereocenters. The van der Waals surface area contributed by atoms with Gasteiger partial charge in [0.1, 0.15) is 12.3 Å². The van der Waals surface area contributed by atoms with Gasteiger partial charge in [-0.05, 0) is 30.7 Å². The third kappa shape index (κ3) is 3.63. The van der Waals surface area contributed by atoms with Gasteiger partial charge in [0.2, 0.25) is 5.88 Å². The summed E-state index contributed by atoms with van der Waals surface area (Å²) in [4.78, 5) is 4.61. The Morgan fingerprint density at radius 1 is 1.17 bits per heavy atom. The summed E-state index contributed by atoms with van der Waals surface area (Å²) >= 11 is 0. The molecule has 4 rings (SSSR count). The topological polar surface area (TPSA) is 65.1 Å². The van der Waals surface area contributed by atoms with Gasteiger partial charge in [-0.15, -0.1) is 0 Å². The largest absolute Gasteiger partial charge is 0.497 e. The molecule has 0 aliphatic heterocycles. The Morgan fingerprint density at radius 2 is 1.97 bits per heavy atom. The van der Waals surface area contributed by atoms with Crippen molar-refractivity contribution >= 4 is 10.9 Å². The molecule has 0 bridgehead atoms. The molecule has 0 aliphatic rings. The molecular formula is C20H17F3N4O2. The maximum absolute atomic E-state index is 12.6. The molecule has 0 radical (unpaired) electrons. The van der Waals surface area contributed by atoms with Gasteiger partial charge >= 0.3 is 6.18 Å². The third-order valence-electron chi connectivity index (χ3n) is 4.55. The highest BCUT2D eigenvalue weighted by atomic mass is 19.4. The van der Waals surface area contributed by atoms with Crippen molar-refractivity contribution in [3.05, 3.63) is 54.5 Å². The summed E-state index contributed by atoms with van der Waals surface area (Å²) in [6.07, 6.45) is -0.306. The zero-order valence-corrected chi connectivity index (χ0v) is 15.6. The van der Waals surface area contributed by atoms with E-state index in [1.165, 1.54) is 17.0 Å². The first-order chi connectivity index (χ1) is 13.7. The number of rotatable bonds is 4. The molecule has 150 valence electrons. The number of pyridine rings is 1. The van der Waals surface area contributed by atoms with Crippen LogP contribution in [-0.4, -0.2) is 37.7 Å². The Labute approximate surface area is 163 Å². The lowest BCUT2D eigenvalue weighted by Gasteiger charge is -2.06. The van der Waals surface area contributed by atoms with Crippen molar-refractivity contribution in [1.29, 1.82) is 0 Å². The quantitative estimate of drug-likeness (QED) is 0.547. The van der Waals surface area contributed by atoms with E-state index in [-0.39, 0.29) is 5.88 Å². The normalized spacial score (nSPS) is 11.9. The van der Waals surface area contributed by atoms with Gasteiger partial charge in [-0.25, -0.2) is 4.98 Å². The van der Waals surface area contributed by atoms with E-state index in [1.807, 2.05) is 37.3 Å². The second-order valence-electron chi connectivity index (χ2n) is 6.65. The van der Waals surface area contributed by atoms with E-state index >= 15 is 0 Å². The molecule has 4 aromatic rings. The Kier molecular flexibility index (Phi) is 4.45. The molecule has 0 amide bonds. The van der Waals surface area contributed by atoms with Gasteiger partial charge in [0.15, 0.2) is 0 Å². The number of aromatic nitrogens is 4. The second kappa shape index (κ2) is 6.84. The van der Waals surface area contributed by atoms with E-state index in [4.69, 9.17) is 4.74 Å². The van der Waals surface area contributed by atoms with E-state index in [1.54, 1.807) is 13.3 Å². The first-order valence-corrected chi connectivity index (χ1v) is 8.71. The molecule has 0 unspecified atom stereocenters. The molecule has 6 nitrogen and oxygen atoms in total. The molecule has 1 aromatic carbocycles. The molecule has 3 heterocycles. The number of fused-ring (bicyclic) bond motifs is 1. The average Bonchev–Trinajstić information content (AvgIpc) is 3.24. The number of hydrogen-bond donors (Lipinski definition) is 1. The van der Waals surface area contributed by atoms with Gasteiger partial charge in [-0.3, -0.25) is 9.25 Å². The van der Waals surface area contributed by atoms with Crippen LogP contribution in [0.3, 0.4) is 0 Å². The highest BCUT2D eigenvalue weighted by Crippen LogP contribution is 2.34. The lowest BCUT2D eigenvalue weighted by Crippen LogP contribution is -2.17. The summed E-state index contributed by atoms with van der Waals surface area (Å²) < 4.78 is 45.1. The molecule has 29 heavy (non-hydrogen) atoms. The zero-order valence-electron chi connectivity index (χ0n) is 15.6. The van der Waals surface area contributed by atoms with Gasteiger partial charge < -0.3 is 9.84 Å². The van der Waals surface area contributed by atoms with Crippen molar-refractivity contribution in [3.8, 4) is 28.6 Å². The molecule has 1 N–H and O–H groups in total. The van der Waals surface area contributed by atoms with Crippen LogP contribution in [-0.2, 0) is 6.54 Å². The Morgan fingerprint density at radius 3 is 2.69 bits per heavy atom. The van der Waals surface area contributed by atoms with Crippen LogP contribution < -0.4 is 4.74 Å².